The highest BCUT2D eigenvalue weighted by molar-refractivity contribution is 5.93. The standard InChI is InChI=1S/C14H17NO7/c1-21-12-8-10(14(17)18)11(15(19)20)9-13(12)22-7-5-3-2-4-6-16/h6,8-9H,2-5,7H2,1H3,(H,17,18). The van der Waals surface area contributed by atoms with Crippen molar-refractivity contribution in [3.63, 3.8) is 0 Å². The van der Waals surface area contributed by atoms with Gasteiger partial charge in [-0.2, -0.15) is 0 Å². The molecule has 1 rings (SSSR count). The van der Waals surface area contributed by atoms with Crippen molar-refractivity contribution in [2.75, 3.05) is 13.7 Å². The van der Waals surface area contributed by atoms with E-state index in [9.17, 15) is 19.7 Å². The Morgan fingerprint density at radius 1 is 1.32 bits per heavy atom. The summed E-state index contributed by atoms with van der Waals surface area (Å²) in [7, 11) is 1.32. The van der Waals surface area contributed by atoms with Crippen LogP contribution in [-0.4, -0.2) is 36.0 Å². The Morgan fingerprint density at radius 2 is 2.05 bits per heavy atom. The van der Waals surface area contributed by atoms with Gasteiger partial charge in [-0.05, 0) is 19.3 Å². The van der Waals surface area contributed by atoms with Gasteiger partial charge in [-0.1, -0.05) is 0 Å². The number of nitro groups is 1. The number of methoxy groups -OCH3 is 1. The number of carboxylic acids is 1. The maximum absolute atomic E-state index is 11.0. The van der Waals surface area contributed by atoms with Crippen LogP contribution in [0.2, 0.25) is 0 Å². The minimum absolute atomic E-state index is 0.120. The Balaban J connectivity index is 2.85. The van der Waals surface area contributed by atoms with Gasteiger partial charge in [-0.3, -0.25) is 10.1 Å². The van der Waals surface area contributed by atoms with E-state index in [1.165, 1.54) is 7.11 Å². The first-order valence-electron chi connectivity index (χ1n) is 6.67. The number of nitrogens with zero attached hydrogens (tertiary/aromatic N) is 1. The molecule has 0 fully saturated rings. The van der Waals surface area contributed by atoms with Gasteiger partial charge in [0, 0.05) is 12.5 Å². The molecule has 0 aromatic heterocycles. The summed E-state index contributed by atoms with van der Waals surface area (Å²) < 4.78 is 10.4. The highest BCUT2D eigenvalue weighted by Gasteiger charge is 2.24. The van der Waals surface area contributed by atoms with Crippen LogP contribution < -0.4 is 9.47 Å². The number of aldehydes is 1. The van der Waals surface area contributed by atoms with Gasteiger partial charge >= 0.3 is 5.97 Å². The molecule has 0 aliphatic carbocycles. The summed E-state index contributed by atoms with van der Waals surface area (Å²) in [5, 5.41) is 19.9. The Bertz CT molecular complexity index is 556. The lowest BCUT2D eigenvalue weighted by atomic mass is 10.1. The summed E-state index contributed by atoms with van der Waals surface area (Å²) >= 11 is 0. The smallest absolute Gasteiger partial charge is 0.342 e. The molecule has 0 unspecified atom stereocenters. The predicted octanol–water partition coefficient (Wildman–Crippen LogP) is 2.44. The maximum atomic E-state index is 11.0. The summed E-state index contributed by atoms with van der Waals surface area (Å²) in [5.74, 6) is -1.17. The Labute approximate surface area is 126 Å². The van der Waals surface area contributed by atoms with Crippen molar-refractivity contribution in [1.29, 1.82) is 0 Å². The summed E-state index contributed by atoms with van der Waals surface area (Å²) in [6.45, 7) is 0.290. The second kappa shape index (κ2) is 8.60. The SMILES string of the molecule is COc1cc(C(=O)O)c([N+](=O)[O-])cc1OCCCCCC=O. The molecule has 1 aromatic rings. The van der Waals surface area contributed by atoms with Crippen LogP contribution in [0.1, 0.15) is 36.0 Å². The number of benzene rings is 1. The van der Waals surface area contributed by atoms with E-state index in [-0.39, 0.29) is 11.5 Å². The molecule has 0 atom stereocenters. The zero-order chi connectivity index (χ0) is 16.5. The van der Waals surface area contributed by atoms with E-state index in [4.69, 9.17) is 14.6 Å². The molecular formula is C14H17NO7. The van der Waals surface area contributed by atoms with E-state index < -0.39 is 22.1 Å². The molecule has 0 aliphatic heterocycles. The van der Waals surface area contributed by atoms with Crippen LogP contribution in [0.4, 0.5) is 5.69 Å². The number of unbranched alkanes of at least 4 members (excludes halogenated alkanes) is 3. The van der Waals surface area contributed by atoms with E-state index >= 15 is 0 Å². The van der Waals surface area contributed by atoms with Gasteiger partial charge in [0.25, 0.3) is 5.69 Å². The van der Waals surface area contributed by atoms with E-state index in [1.807, 2.05) is 0 Å². The Hall–Kier alpha value is -2.64. The van der Waals surface area contributed by atoms with Crippen LogP contribution >= 0.6 is 0 Å². The van der Waals surface area contributed by atoms with Crippen molar-refractivity contribution in [3.05, 3.63) is 27.8 Å². The first-order valence-corrected chi connectivity index (χ1v) is 6.67. The number of ether oxygens (including phenoxy) is 2. The second-order valence-electron chi connectivity index (χ2n) is 4.45. The molecule has 0 saturated carbocycles. The fourth-order valence-electron chi connectivity index (χ4n) is 1.83. The highest BCUT2D eigenvalue weighted by atomic mass is 16.6. The number of rotatable bonds is 10. The minimum Gasteiger partial charge on any atom is -0.493 e. The number of carbonyl (C=O) groups excluding carboxylic acids is 1. The van der Waals surface area contributed by atoms with Crippen LogP contribution in [0, 0.1) is 10.1 Å². The quantitative estimate of drug-likeness (QED) is 0.305. The summed E-state index contributed by atoms with van der Waals surface area (Å²) in [4.78, 5) is 31.4. The number of aromatic carboxylic acids is 1. The van der Waals surface area contributed by atoms with Crippen molar-refractivity contribution in [2.24, 2.45) is 0 Å². The lowest BCUT2D eigenvalue weighted by molar-refractivity contribution is -0.385. The van der Waals surface area contributed by atoms with Crippen LogP contribution in [0.5, 0.6) is 11.5 Å². The van der Waals surface area contributed by atoms with Gasteiger partial charge in [0.1, 0.15) is 11.8 Å². The van der Waals surface area contributed by atoms with Crippen LogP contribution in [-0.2, 0) is 4.79 Å². The van der Waals surface area contributed by atoms with Crippen LogP contribution in [0.25, 0.3) is 0 Å². The number of hydrogen-bond donors (Lipinski definition) is 1. The summed E-state index contributed by atoms with van der Waals surface area (Å²) in [6, 6.07) is 2.12. The van der Waals surface area contributed by atoms with Crippen LogP contribution in [0.3, 0.4) is 0 Å². The van der Waals surface area contributed by atoms with Gasteiger partial charge < -0.3 is 19.4 Å². The molecule has 1 N–H and O–H groups in total. The largest absolute Gasteiger partial charge is 0.493 e. The van der Waals surface area contributed by atoms with Gasteiger partial charge in [0.05, 0.1) is 24.7 Å². The predicted molar refractivity (Wildman–Crippen MR) is 76.6 cm³/mol. The summed E-state index contributed by atoms with van der Waals surface area (Å²) in [5.41, 5.74) is -1.01. The van der Waals surface area contributed by atoms with E-state index in [0.29, 0.717) is 19.4 Å². The molecule has 0 radical (unpaired) electrons. The first-order chi connectivity index (χ1) is 10.5. The molecule has 8 heteroatoms. The molecule has 0 bridgehead atoms. The summed E-state index contributed by atoms with van der Waals surface area (Å²) in [6.07, 6.45) is 3.55. The van der Waals surface area contributed by atoms with E-state index in [1.54, 1.807) is 0 Å². The fourth-order valence-corrected chi connectivity index (χ4v) is 1.83. The maximum Gasteiger partial charge on any atom is 0.342 e. The van der Waals surface area contributed by atoms with Crippen molar-refractivity contribution in [2.45, 2.75) is 25.7 Å². The van der Waals surface area contributed by atoms with Crippen molar-refractivity contribution in [1.82, 2.24) is 0 Å². The van der Waals surface area contributed by atoms with Crippen molar-refractivity contribution >= 4 is 17.9 Å². The zero-order valence-electron chi connectivity index (χ0n) is 12.1. The van der Waals surface area contributed by atoms with Crippen molar-refractivity contribution in [3.8, 4) is 11.5 Å². The third-order valence-corrected chi connectivity index (χ3v) is 2.93. The number of nitro benzene ring substituents is 1. The van der Waals surface area contributed by atoms with Crippen molar-refractivity contribution < 1.29 is 29.1 Å². The monoisotopic (exact) mass is 311 g/mol. The third kappa shape index (κ3) is 4.72. The normalized spacial score (nSPS) is 10.0. The average Bonchev–Trinajstić information content (AvgIpc) is 2.49. The molecule has 0 heterocycles. The molecule has 120 valence electrons. The Kier molecular flexibility index (Phi) is 6.81. The number of hydrogen-bond acceptors (Lipinski definition) is 6. The first kappa shape index (κ1) is 17.4. The van der Waals surface area contributed by atoms with E-state index in [2.05, 4.69) is 0 Å². The van der Waals surface area contributed by atoms with Crippen LogP contribution in [0.15, 0.2) is 12.1 Å². The average molecular weight is 311 g/mol. The van der Waals surface area contributed by atoms with Gasteiger partial charge in [-0.15, -0.1) is 0 Å². The molecule has 0 amide bonds. The molecular weight excluding hydrogens is 294 g/mol. The lowest BCUT2D eigenvalue weighted by Crippen LogP contribution is -2.06. The molecule has 22 heavy (non-hydrogen) atoms. The molecule has 0 saturated heterocycles. The highest BCUT2D eigenvalue weighted by Crippen LogP contribution is 2.34. The van der Waals surface area contributed by atoms with Gasteiger partial charge in [0.2, 0.25) is 0 Å². The lowest BCUT2D eigenvalue weighted by Gasteiger charge is -2.11. The third-order valence-electron chi connectivity index (χ3n) is 2.93. The fraction of sp³-hybridized carbons (Fsp3) is 0.429. The number of carboxylic acid groups (broad SMARTS) is 1. The van der Waals surface area contributed by atoms with Gasteiger partial charge in [0.15, 0.2) is 11.5 Å². The zero-order valence-corrected chi connectivity index (χ0v) is 12.1. The van der Waals surface area contributed by atoms with E-state index in [0.717, 1.165) is 31.3 Å². The van der Waals surface area contributed by atoms with Gasteiger partial charge in [-0.25, -0.2) is 4.79 Å². The molecule has 1 aromatic carbocycles. The molecule has 8 nitrogen and oxygen atoms in total. The minimum atomic E-state index is -1.41. The topological polar surface area (TPSA) is 116 Å². The second-order valence-corrected chi connectivity index (χ2v) is 4.45. The molecule has 0 spiro atoms. The molecule has 0 aliphatic rings. The Morgan fingerprint density at radius 3 is 2.59 bits per heavy atom. The number of carbonyl (C=O) groups is 2.